The van der Waals surface area contributed by atoms with Crippen molar-refractivity contribution in [3.63, 3.8) is 0 Å². The number of aromatic nitrogens is 2. The van der Waals surface area contributed by atoms with Crippen LogP contribution in [0.25, 0.3) is 11.0 Å². The zero-order valence-electron chi connectivity index (χ0n) is 6.74. The molecule has 1 N–H and O–H groups in total. The summed E-state index contributed by atoms with van der Waals surface area (Å²) in [7, 11) is 0. The van der Waals surface area contributed by atoms with Crippen molar-refractivity contribution in [2.24, 2.45) is 0 Å². The molecule has 0 unspecified atom stereocenters. The number of carboxylic acid groups (broad SMARTS) is 1. The van der Waals surface area contributed by atoms with E-state index in [1.165, 1.54) is 0 Å². The van der Waals surface area contributed by atoms with E-state index in [1.54, 1.807) is 12.4 Å². The zero-order valence-corrected chi connectivity index (χ0v) is 10.5. The van der Waals surface area contributed by atoms with Crippen molar-refractivity contribution in [3.05, 3.63) is 26.5 Å². The Kier molecular flexibility index (Phi) is 2.48. The van der Waals surface area contributed by atoms with E-state index in [1.807, 2.05) is 6.07 Å². The lowest BCUT2D eigenvalue weighted by Crippen LogP contribution is -2.06. The number of hydrogen-bond acceptors (Lipinski definition) is 2. The molecule has 0 fully saturated rings. The van der Waals surface area contributed by atoms with Crippen molar-refractivity contribution in [1.29, 1.82) is 0 Å². The fourth-order valence-electron chi connectivity index (χ4n) is 1.19. The molecule has 0 amide bonds. The van der Waals surface area contributed by atoms with Gasteiger partial charge in [-0.15, -0.1) is 0 Å². The molecule has 14 heavy (non-hydrogen) atoms. The first-order valence-electron chi connectivity index (χ1n) is 3.65. The van der Waals surface area contributed by atoms with Crippen molar-refractivity contribution in [1.82, 2.24) is 9.55 Å². The fraction of sp³-hybridized carbons (Fsp3) is 0. The van der Waals surface area contributed by atoms with Gasteiger partial charge in [-0.2, -0.15) is 0 Å². The van der Waals surface area contributed by atoms with Gasteiger partial charge in [-0.05, 0) is 44.6 Å². The molecule has 0 radical (unpaired) electrons. The van der Waals surface area contributed by atoms with Gasteiger partial charge in [0.2, 0.25) is 0 Å². The first kappa shape index (κ1) is 9.91. The lowest BCUT2D eigenvalue weighted by atomic mass is 10.3. The molecule has 0 aliphatic carbocycles. The minimum absolute atomic E-state index is 0.463. The van der Waals surface area contributed by atoms with Crippen LogP contribution in [0.1, 0.15) is 0 Å². The zero-order chi connectivity index (χ0) is 10.3. The minimum Gasteiger partial charge on any atom is -0.464 e. The van der Waals surface area contributed by atoms with Crippen LogP contribution < -0.4 is 0 Å². The molecule has 0 atom stereocenters. The van der Waals surface area contributed by atoms with E-state index in [4.69, 9.17) is 5.11 Å². The molecule has 2 heterocycles. The van der Waals surface area contributed by atoms with Gasteiger partial charge in [0.25, 0.3) is 0 Å². The van der Waals surface area contributed by atoms with Crippen molar-refractivity contribution in [2.45, 2.75) is 0 Å². The van der Waals surface area contributed by atoms with Crippen molar-refractivity contribution in [2.75, 3.05) is 0 Å². The van der Waals surface area contributed by atoms with Crippen LogP contribution in [-0.4, -0.2) is 20.8 Å². The SMILES string of the molecule is O=C(O)n1cc(I)c2cc(Br)cnc21. The normalized spacial score (nSPS) is 10.7. The van der Waals surface area contributed by atoms with Gasteiger partial charge in [0.15, 0.2) is 5.65 Å². The summed E-state index contributed by atoms with van der Waals surface area (Å²) in [6, 6.07) is 1.85. The fourth-order valence-corrected chi connectivity index (χ4v) is 2.20. The van der Waals surface area contributed by atoms with Gasteiger partial charge < -0.3 is 5.11 Å². The van der Waals surface area contributed by atoms with Gasteiger partial charge in [-0.25, -0.2) is 14.3 Å². The third-order valence-corrected chi connectivity index (χ3v) is 3.06. The third kappa shape index (κ3) is 1.52. The summed E-state index contributed by atoms with van der Waals surface area (Å²) in [6.07, 6.45) is 2.11. The molecule has 4 nitrogen and oxygen atoms in total. The number of hydrogen-bond donors (Lipinski definition) is 1. The first-order chi connectivity index (χ1) is 6.59. The Balaban J connectivity index is 2.84. The van der Waals surface area contributed by atoms with Crippen LogP contribution in [0.15, 0.2) is 22.9 Å². The summed E-state index contributed by atoms with van der Waals surface area (Å²) in [5.74, 6) is 0. The molecule has 6 heteroatoms. The predicted octanol–water partition coefficient (Wildman–Crippen LogP) is 2.93. The van der Waals surface area contributed by atoms with E-state index < -0.39 is 6.09 Å². The van der Waals surface area contributed by atoms with E-state index in [0.29, 0.717) is 5.65 Å². The Labute approximate surface area is 101 Å². The summed E-state index contributed by atoms with van der Waals surface area (Å²) in [4.78, 5) is 14.9. The van der Waals surface area contributed by atoms with Crippen LogP contribution in [-0.2, 0) is 0 Å². The van der Waals surface area contributed by atoms with Crippen LogP contribution in [0, 0.1) is 3.57 Å². The summed E-state index contributed by atoms with van der Waals surface area (Å²) in [6.45, 7) is 0. The van der Waals surface area contributed by atoms with Crippen LogP contribution in [0.2, 0.25) is 0 Å². The molecule has 0 aliphatic heterocycles. The van der Waals surface area contributed by atoms with Crippen LogP contribution in [0.5, 0.6) is 0 Å². The van der Waals surface area contributed by atoms with Gasteiger partial charge in [0.1, 0.15) is 0 Å². The van der Waals surface area contributed by atoms with Gasteiger partial charge in [-0.1, -0.05) is 0 Å². The molecule has 0 aliphatic rings. The van der Waals surface area contributed by atoms with Crippen LogP contribution in [0.3, 0.4) is 0 Å². The van der Waals surface area contributed by atoms with E-state index in [-0.39, 0.29) is 0 Å². The molecule has 2 aromatic rings. The second-order valence-electron chi connectivity index (χ2n) is 2.65. The second kappa shape index (κ2) is 3.50. The number of pyridine rings is 1. The molecule has 0 aromatic carbocycles. The average Bonchev–Trinajstić information content (AvgIpc) is 2.44. The highest BCUT2D eigenvalue weighted by molar-refractivity contribution is 14.1. The molecular weight excluding hydrogens is 363 g/mol. The van der Waals surface area contributed by atoms with Gasteiger partial charge in [0.05, 0.1) is 0 Å². The number of rotatable bonds is 0. The summed E-state index contributed by atoms with van der Waals surface area (Å²) >= 11 is 5.37. The minimum atomic E-state index is -1.02. The number of nitrogens with zero attached hydrogens (tertiary/aromatic N) is 2. The highest BCUT2D eigenvalue weighted by Crippen LogP contribution is 2.24. The quantitative estimate of drug-likeness (QED) is 0.729. The molecule has 72 valence electrons. The molecule has 0 saturated carbocycles. The first-order valence-corrected chi connectivity index (χ1v) is 5.52. The van der Waals surface area contributed by atoms with Crippen molar-refractivity contribution < 1.29 is 9.90 Å². The number of fused-ring (bicyclic) bond motifs is 1. The second-order valence-corrected chi connectivity index (χ2v) is 4.73. The Morgan fingerprint density at radius 2 is 2.36 bits per heavy atom. The van der Waals surface area contributed by atoms with E-state index in [9.17, 15) is 4.79 Å². The maximum Gasteiger partial charge on any atom is 0.417 e. The van der Waals surface area contributed by atoms with Gasteiger partial charge in [-0.3, -0.25) is 0 Å². The lowest BCUT2D eigenvalue weighted by molar-refractivity contribution is 0.197. The molecule has 2 aromatic heterocycles. The third-order valence-electron chi connectivity index (χ3n) is 1.77. The largest absolute Gasteiger partial charge is 0.464 e. The van der Waals surface area contributed by atoms with Crippen molar-refractivity contribution in [3.8, 4) is 0 Å². The van der Waals surface area contributed by atoms with Crippen molar-refractivity contribution >= 4 is 55.6 Å². The van der Waals surface area contributed by atoms with Crippen LogP contribution in [0.4, 0.5) is 4.79 Å². The Hall–Kier alpha value is -0.630. The maximum atomic E-state index is 10.8. The molecule has 0 saturated heterocycles. The Bertz CT molecular complexity index is 523. The van der Waals surface area contributed by atoms with Gasteiger partial charge in [0, 0.05) is 25.8 Å². The maximum absolute atomic E-state index is 10.8. The highest BCUT2D eigenvalue weighted by atomic mass is 127. The lowest BCUT2D eigenvalue weighted by Gasteiger charge is -1.95. The molecule has 2 rings (SSSR count). The smallest absolute Gasteiger partial charge is 0.417 e. The summed E-state index contributed by atoms with van der Waals surface area (Å²) in [5, 5.41) is 9.71. The monoisotopic (exact) mass is 366 g/mol. The standard InChI is InChI=1S/C8H4BrIN2O2/c9-4-1-5-6(10)3-12(8(13)14)7(5)11-2-4/h1-3H,(H,13,14). The van der Waals surface area contributed by atoms with E-state index in [0.717, 1.165) is 18.0 Å². The predicted molar refractivity (Wildman–Crippen MR) is 63.6 cm³/mol. The molecular formula is C8H4BrIN2O2. The average molecular weight is 367 g/mol. The number of carbonyl (C=O) groups is 1. The molecule has 0 spiro atoms. The highest BCUT2D eigenvalue weighted by Gasteiger charge is 2.12. The topological polar surface area (TPSA) is 55.1 Å². The summed E-state index contributed by atoms with van der Waals surface area (Å²) < 4.78 is 2.82. The van der Waals surface area contributed by atoms with E-state index >= 15 is 0 Å². The number of halogens is 2. The van der Waals surface area contributed by atoms with E-state index in [2.05, 4.69) is 43.5 Å². The Morgan fingerprint density at radius 1 is 1.64 bits per heavy atom. The summed E-state index contributed by atoms with van der Waals surface area (Å²) in [5.41, 5.74) is 0.463. The van der Waals surface area contributed by atoms with Crippen LogP contribution >= 0.6 is 38.5 Å². The Morgan fingerprint density at radius 3 is 3.00 bits per heavy atom. The molecule has 0 bridgehead atoms. The van der Waals surface area contributed by atoms with Gasteiger partial charge >= 0.3 is 6.09 Å².